The molecular formula is C24H42ClN6O4P. The van der Waals surface area contributed by atoms with E-state index in [-0.39, 0.29) is 23.3 Å². The van der Waals surface area contributed by atoms with E-state index in [1.807, 2.05) is 0 Å². The summed E-state index contributed by atoms with van der Waals surface area (Å²) >= 11 is 5.85. The summed E-state index contributed by atoms with van der Waals surface area (Å²) in [6.07, 6.45) is 10.8. The van der Waals surface area contributed by atoms with Crippen molar-refractivity contribution in [2.75, 3.05) is 18.9 Å². The van der Waals surface area contributed by atoms with E-state index >= 15 is 0 Å². The zero-order valence-corrected chi connectivity index (χ0v) is 24.4. The van der Waals surface area contributed by atoms with Crippen molar-refractivity contribution in [3.8, 4) is 12.3 Å². The Bertz CT molecular complexity index is 974. The van der Waals surface area contributed by atoms with Crippen molar-refractivity contribution in [2.24, 2.45) is 5.73 Å². The number of esters is 1. The van der Waals surface area contributed by atoms with Crippen molar-refractivity contribution < 1.29 is 18.8 Å². The number of hydrogen-bond acceptors (Lipinski definition) is 9. The van der Waals surface area contributed by atoms with Gasteiger partial charge in [-0.25, -0.2) is 4.98 Å². The second-order valence-corrected chi connectivity index (χ2v) is 9.29. The lowest BCUT2D eigenvalue weighted by atomic mass is 10.0. The Labute approximate surface area is 222 Å². The molecular weight excluding hydrogens is 503 g/mol. The van der Waals surface area contributed by atoms with Gasteiger partial charge in [-0.2, -0.15) is 9.97 Å². The molecule has 1 aliphatic rings. The molecule has 0 radical (unpaired) electrons. The van der Waals surface area contributed by atoms with Crippen LogP contribution in [0.2, 0.25) is 5.28 Å². The molecule has 0 saturated carbocycles. The average molecular weight is 545 g/mol. The zero-order chi connectivity index (χ0) is 27.9. The Morgan fingerprint density at radius 3 is 2.36 bits per heavy atom. The maximum atomic E-state index is 10.7. The number of nitrogens with zero attached hydrogens (tertiary/aromatic N) is 4. The molecule has 3 unspecified atom stereocenters. The summed E-state index contributed by atoms with van der Waals surface area (Å²) in [4.78, 5) is 23.0. The van der Waals surface area contributed by atoms with Crippen LogP contribution in [0.1, 0.15) is 80.4 Å². The first-order valence-electron chi connectivity index (χ1n) is 12.0. The first kappa shape index (κ1) is 34.0. The Morgan fingerprint density at radius 1 is 1.33 bits per heavy atom. The molecule has 2 aromatic heterocycles. The molecule has 0 spiro atoms. The van der Waals surface area contributed by atoms with Gasteiger partial charge in [0.2, 0.25) is 5.28 Å². The van der Waals surface area contributed by atoms with Crippen molar-refractivity contribution in [3.63, 3.8) is 0 Å². The highest BCUT2D eigenvalue weighted by Crippen LogP contribution is 2.38. The SMILES string of the molecule is C#CC1(COP)CCC(n2cnc3c(N)nc(Cl)nc32)O1.CCC.CCC.CCOC(=O)C(C)(C)N. The lowest BCUT2D eigenvalue weighted by Crippen LogP contribution is -2.42. The van der Waals surface area contributed by atoms with Gasteiger partial charge >= 0.3 is 5.97 Å². The molecule has 0 amide bonds. The van der Waals surface area contributed by atoms with E-state index in [1.54, 1.807) is 31.7 Å². The van der Waals surface area contributed by atoms with Crippen molar-refractivity contribution in [1.82, 2.24) is 19.5 Å². The predicted molar refractivity (Wildman–Crippen MR) is 148 cm³/mol. The van der Waals surface area contributed by atoms with Gasteiger partial charge in [0.15, 0.2) is 17.1 Å². The first-order chi connectivity index (χ1) is 16.9. The summed E-state index contributed by atoms with van der Waals surface area (Å²) in [7, 11) is 2.18. The zero-order valence-electron chi connectivity index (χ0n) is 22.5. The molecule has 1 aliphatic heterocycles. The third-order valence-electron chi connectivity index (χ3n) is 4.27. The van der Waals surface area contributed by atoms with Crippen LogP contribution in [0, 0.1) is 12.3 Å². The fourth-order valence-corrected chi connectivity index (χ4v) is 3.20. The smallest absolute Gasteiger partial charge is 0.325 e. The van der Waals surface area contributed by atoms with E-state index in [2.05, 4.69) is 62.8 Å². The van der Waals surface area contributed by atoms with E-state index in [9.17, 15) is 4.79 Å². The largest absolute Gasteiger partial charge is 0.465 e. The monoisotopic (exact) mass is 544 g/mol. The number of nitrogens with two attached hydrogens (primary N) is 2. The van der Waals surface area contributed by atoms with Gasteiger partial charge in [-0.1, -0.05) is 46.5 Å². The Balaban J connectivity index is 0.000000683. The highest BCUT2D eigenvalue weighted by molar-refractivity contribution is 7.09. The second kappa shape index (κ2) is 16.7. The van der Waals surface area contributed by atoms with Gasteiger partial charge in [0, 0.05) is 9.47 Å². The number of halogens is 1. The van der Waals surface area contributed by atoms with Crippen LogP contribution in [0.5, 0.6) is 0 Å². The van der Waals surface area contributed by atoms with E-state index < -0.39 is 11.1 Å². The fourth-order valence-electron chi connectivity index (χ4n) is 2.76. The molecule has 10 nitrogen and oxygen atoms in total. The van der Waals surface area contributed by atoms with Crippen LogP contribution in [0.4, 0.5) is 5.82 Å². The quantitative estimate of drug-likeness (QED) is 0.238. The maximum absolute atomic E-state index is 10.7. The molecule has 1 saturated heterocycles. The molecule has 1 fully saturated rings. The predicted octanol–water partition coefficient (Wildman–Crippen LogP) is 4.67. The van der Waals surface area contributed by atoms with Gasteiger partial charge in [-0.3, -0.25) is 9.36 Å². The number of ether oxygens (including phenoxy) is 2. The van der Waals surface area contributed by atoms with Gasteiger partial charge < -0.3 is 25.5 Å². The molecule has 3 rings (SSSR count). The van der Waals surface area contributed by atoms with Gasteiger partial charge in [-0.15, -0.1) is 6.42 Å². The lowest BCUT2D eigenvalue weighted by molar-refractivity contribution is -0.148. The number of aromatic nitrogens is 4. The third kappa shape index (κ3) is 10.5. The van der Waals surface area contributed by atoms with Crippen LogP contribution in [-0.4, -0.2) is 49.8 Å². The Morgan fingerprint density at radius 2 is 1.92 bits per heavy atom. The fraction of sp³-hybridized carbons (Fsp3) is 0.667. The van der Waals surface area contributed by atoms with Crippen LogP contribution >= 0.6 is 21.1 Å². The van der Waals surface area contributed by atoms with Gasteiger partial charge in [0.05, 0.1) is 19.5 Å². The summed E-state index contributed by atoms with van der Waals surface area (Å²) in [5, 5.41) is 0.0660. The Kier molecular flexibility index (Phi) is 15.7. The second-order valence-electron chi connectivity index (χ2n) is 8.62. The highest BCUT2D eigenvalue weighted by Gasteiger charge is 2.40. The molecule has 3 heterocycles. The number of imidazole rings is 1. The minimum atomic E-state index is -0.851. The van der Waals surface area contributed by atoms with Crippen LogP contribution in [0.15, 0.2) is 6.33 Å². The minimum absolute atomic E-state index is 0.0660. The van der Waals surface area contributed by atoms with Crippen molar-refractivity contribution in [1.29, 1.82) is 0 Å². The van der Waals surface area contributed by atoms with Crippen molar-refractivity contribution >= 4 is 44.0 Å². The first-order valence-corrected chi connectivity index (χ1v) is 12.8. The standard InChI is InChI=1S/C12H13ClN5O2P.C6H13NO2.2C3H8/c1-2-12(5-19-21)4-3-7(20-12)18-6-15-8-9(14)16-11(13)17-10(8)18;1-4-9-5(8)6(2,3)7;2*1-3-2/h1,6-7H,3-5,21H2,(H2,14,16,17);4,7H2,1-3H3;2*3H2,1-2H3. The topological polar surface area (TPSA) is 140 Å². The number of fused-ring (bicyclic) bond motifs is 1. The van der Waals surface area contributed by atoms with Crippen LogP contribution < -0.4 is 11.5 Å². The average Bonchev–Trinajstić information content (AvgIpc) is 3.40. The Hall–Kier alpha value is -2.02. The summed E-state index contributed by atoms with van der Waals surface area (Å²) < 4.78 is 17.5. The van der Waals surface area contributed by atoms with E-state index in [0.717, 1.165) is 0 Å². The number of anilines is 1. The summed E-state index contributed by atoms with van der Waals surface area (Å²) in [6, 6.07) is 0. The molecule has 2 aromatic rings. The van der Waals surface area contributed by atoms with E-state index in [0.29, 0.717) is 37.2 Å². The van der Waals surface area contributed by atoms with Crippen molar-refractivity contribution in [3.05, 3.63) is 11.6 Å². The molecule has 36 heavy (non-hydrogen) atoms. The van der Waals surface area contributed by atoms with Gasteiger partial charge in [0.25, 0.3) is 0 Å². The van der Waals surface area contributed by atoms with Crippen LogP contribution in [-0.2, 0) is 18.8 Å². The number of rotatable bonds is 5. The highest BCUT2D eigenvalue weighted by atomic mass is 35.5. The number of hydrogen-bond donors (Lipinski definition) is 2. The van der Waals surface area contributed by atoms with Gasteiger partial charge in [-0.05, 0) is 45.2 Å². The third-order valence-corrected chi connectivity index (χ3v) is 4.60. The molecule has 3 atom stereocenters. The summed E-state index contributed by atoms with van der Waals surface area (Å²) in [5.74, 6) is 2.54. The van der Waals surface area contributed by atoms with E-state index in [1.165, 1.54) is 12.8 Å². The molecule has 204 valence electrons. The molecule has 0 aromatic carbocycles. The summed E-state index contributed by atoms with van der Waals surface area (Å²) in [5.41, 5.74) is 10.6. The number of nitrogen functional groups attached to an aromatic ring is 1. The molecule has 0 bridgehead atoms. The lowest BCUT2D eigenvalue weighted by Gasteiger charge is -2.23. The van der Waals surface area contributed by atoms with Gasteiger partial charge in [0.1, 0.15) is 17.3 Å². The van der Waals surface area contributed by atoms with E-state index in [4.69, 9.17) is 38.8 Å². The van der Waals surface area contributed by atoms with Crippen LogP contribution in [0.3, 0.4) is 0 Å². The number of carbonyl (C=O) groups is 1. The summed E-state index contributed by atoms with van der Waals surface area (Å²) in [6.45, 7) is 14.2. The molecule has 0 aliphatic carbocycles. The minimum Gasteiger partial charge on any atom is -0.465 e. The molecule has 12 heteroatoms. The number of terminal acetylenes is 1. The van der Waals surface area contributed by atoms with Crippen molar-refractivity contribution in [2.45, 2.75) is 91.5 Å². The maximum Gasteiger partial charge on any atom is 0.325 e. The number of carbonyl (C=O) groups excluding carboxylic acids is 1. The normalized spacial score (nSPS) is 18.5. The molecule has 4 N–H and O–H groups in total. The van der Waals surface area contributed by atoms with Crippen LogP contribution in [0.25, 0.3) is 11.2 Å².